The lowest BCUT2D eigenvalue weighted by molar-refractivity contribution is -0.113. The van der Waals surface area contributed by atoms with E-state index < -0.39 is 0 Å². The monoisotopic (exact) mass is 538 g/mol. The molecule has 9 heteroatoms. The Hall–Kier alpha value is -2.91. The molecule has 0 aliphatic heterocycles. The Balaban J connectivity index is 1.50. The summed E-state index contributed by atoms with van der Waals surface area (Å²) >= 11 is 2.81. The van der Waals surface area contributed by atoms with E-state index in [9.17, 15) is 9.59 Å². The van der Waals surface area contributed by atoms with Crippen molar-refractivity contribution in [3.8, 4) is 11.4 Å². The van der Waals surface area contributed by atoms with Crippen molar-refractivity contribution in [2.75, 3.05) is 11.1 Å². The molecule has 0 atom stereocenters. The molecule has 7 nitrogen and oxygen atoms in total. The number of rotatable bonds is 10. The second-order valence-corrected chi connectivity index (χ2v) is 11.7. The topological polar surface area (TPSA) is 86.1 Å². The molecule has 1 N–H and O–H groups in total. The van der Waals surface area contributed by atoms with Crippen LogP contribution in [0.1, 0.15) is 72.8 Å². The Morgan fingerprint density at radius 2 is 1.89 bits per heavy atom. The summed E-state index contributed by atoms with van der Waals surface area (Å²) in [6, 6.07) is 8.32. The number of aromatic nitrogens is 3. The van der Waals surface area contributed by atoms with Crippen molar-refractivity contribution in [2.24, 2.45) is 0 Å². The first-order chi connectivity index (χ1) is 17.8. The van der Waals surface area contributed by atoms with E-state index in [1.807, 2.05) is 18.4 Å². The summed E-state index contributed by atoms with van der Waals surface area (Å²) in [5, 5.41) is 13.0. The molecule has 0 saturated carbocycles. The number of thioether (sulfide) groups is 1. The Morgan fingerprint density at radius 3 is 2.57 bits per heavy atom. The van der Waals surface area contributed by atoms with Gasteiger partial charge in [0.05, 0.1) is 17.4 Å². The number of allylic oxidation sites excluding steroid dienone is 1. The first-order valence-electron chi connectivity index (χ1n) is 12.7. The van der Waals surface area contributed by atoms with E-state index in [0.717, 1.165) is 42.6 Å². The molecule has 0 radical (unpaired) electrons. The van der Waals surface area contributed by atoms with Gasteiger partial charge in [-0.3, -0.25) is 9.36 Å². The number of nitrogens with one attached hydrogen (secondary N) is 1. The van der Waals surface area contributed by atoms with Crippen molar-refractivity contribution in [1.29, 1.82) is 0 Å². The number of hydrogen-bond acceptors (Lipinski definition) is 7. The third-order valence-corrected chi connectivity index (χ3v) is 8.34. The number of carbonyl (C=O) groups is 2. The molecule has 2 aromatic heterocycles. The highest BCUT2D eigenvalue weighted by Crippen LogP contribution is 2.39. The summed E-state index contributed by atoms with van der Waals surface area (Å²) in [6.07, 6.45) is 5.47. The van der Waals surface area contributed by atoms with Crippen LogP contribution >= 0.6 is 23.1 Å². The minimum atomic E-state index is -0.365. The number of anilines is 1. The Morgan fingerprint density at radius 1 is 1.16 bits per heavy atom. The van der Waals surface area contributed by atoms with E-state index in [1.54, 1.807) is 6.08 Å². The fraction of sp³-hybridized carbons (Fsp3) is 0.429. The summed E-state index contributed by atoms with van der Waals surface area (Å²) in [4.78, 5) is 27.0. The number of nitrogens with zero attached hydrogens (tertiary/aromatic N) is 3. The lowest BCUT2D eigenvalue weighted by atomic mass is 9.95. The lowest BCUT2D eigenvalue weighted by Crippen LogP contribution is -2.19. The molecule has 0 saturated heterocycles. The zero-order chi connectivity index (χ0) is 26.5. The Kier molecular flexibility index (Phi) is 8.87. The van der Waals surface area contributed by atoms with Crippen molar-refractivity contribution in [3.63, 3.8) is 0 Å². The van der Waals surface area contributed by atoms with Crippen LogP contribution in [0.5, 0.6) is 0 Å². The maximum atomic E-state index is 13.0. The zero-order valence-electron chi connectivity index (χ0n) is 21.9. The van der Waals surface area contributed by atoms with E-state index in [2.05, 4.69) is 60.2 Å². The molecule has 0 spiro atoms. The van der Waals surface area contributed by atoms with Crippen molar-refractivity contribution in [3.05, 3.63) is 58.5 Å². The van der Waals surface area contributed by atoms with E-state index in [-0.39, 0.29) is 23.7 Å². The second kappa shape index (κ2) is 12.1. The molecule has 1 aliphatic carbocycles. The van der Waals surface area contributed by atoms with Gasteiger partial charge in [0, 0.05) is 17.0 Å². The maximum Gasteiger partial charge on any atom is 0.341 e. The average Bonchev–Trinajstić information content (AvgIpc) is 3.43. The van der Waals surface area contributed by atoms with Crippen LogP contribution in [0.4, 0.5) is 5.00 Å². The van der Waals surface area contributed by atoms with Gasteiger partial charge in [-0.1, -0.05) is 56.0 Å². The molecule has 2 heterocycles. The lowest BCUT2D eigenvalue weighted by Gasteiger charge is -2.14. The van der Waals surface area contributed by atoms with Crippen LogP contribution in [0.3, 0.4) is 0 Å². The standard InChI is InChI=1S/C28H34N4O3S2/c1-6-15-32-25(20-13-11-19(12-14-20)17(2)3)30-31-28(32)36-16-23(33)29-26-24(27(34)35-18(4)5)21-9-7-8-10-22(21)37-26/h6,11-14,17-18H,1,7-10,15-16H2,2-5H3,(H,29,33). The first-order valence-corrected chi connectivity index (χ1v) is 14.5. The third kappa shape index (κ3) is 6.33. The number of fused-ring (bicyclic) bond motifs is 1. The largest absolute Gasteiger partial charge is 0.459 e. The quantitative estimate of drug-likeness (QED) is 0.180. The smallest absolute Gasteiger partial charge is 0.341 e. The minimum absolute atomic E-state index is 0.142. The highest BCUT2D eigenvalue weighted by molar-refractivity contribution is 7.99. The van der Waals surface area contributed by atoms with Crippen LogP contribution in [0.15, 0.2) is 42.1 Å². The number of thiophene rings is 1. The number of aryl methyl sites for hydroxylation is 1. The fourth-order valence-electron chi connectivity index (χ4n) is 4.36. The predicted octanol–water partition coefficient (Wildman–Crippen LogP) is 6.49. The molecule has 0 fully saturated rings. The fourth-order valence-corrected chi connectivity index (χ4v) is 6.40. The average molecular weight is 539 g/mol. The summed E-state index contributed by atoms with van der Waals surface area (Å²) < 4.78 is 7.46. The number of benzene rings is 1. The SMILES string of the molecule is C=CCn1c(SCC(=O)Nc2sc3c(c2C(=O)OC(C)C)CCCC3)nnc1-c1ccc(C(C)C)cc1. The minimum Gasteiger partial charge on any atom is -0.459 e. The molecule has 1 aliphatic rings. The van der Waals surface area contributed by atoms with Crippen molar-refractivity contribution in [1.82, 2.24) is 14.8 Å². The van der Waals surface area contributed by atoms with Crippen molar-refractivity contribution >= 4 is 40.0 Å². The van der Waals surface area contributed by atoms with Gasteiger partial charge < -0.3 is 10.1 Å². The molecule has 196 valence electrons. The normalized spacial score (nSPS) is 13.0. The van der Waals surface area contributed by atoms with Gasteiger partial charge in [-0.15, -0.1) is 28.1 Å². The van der Waals surface area contributed by atoms with E-state index in [1.165, 1.54) is 33.5 Å². The number of ether oxygens (including phenoxy) is 1. The van der Waals surface area contributed by atoms with Gasteiger partial charge in [-0.05, 0) is 56.6 Å². The van der Waals surface area contributed by atoms with Crippen LogP contribution < -0.4 is 5.32 Å². The number of carbonyl (C=O) groups excluding carboxylic acids is 2. The van der Waals surface area contributed by atoms with Crippen molar-refractivity contribution < 1.29 is 14.3 Å². The van der Waals surface area contributed by atoms with Crippen LogP contribution in [0.25, 0.3) is 11.4 Å². The Labute approximate surface area is 226 Å². The van der Waals surface area contributed by atoms with E-state index in [4.69, 9.17) is 4.74 Å². The second-order valence-electron chi connectivity index (χ2n) is 9.69. The van der Waals surface area contributed by atoms with Gasteiger partial charge in [-0.25, -0.2) is 4.79 Å². The molecule has 4 rings (SSSR count). The summed E-state index contributed by atoms with van der Waals surface area (Å²) in [7, 11) is 0. The van der Waals surface area contributed by atoms with Gasteiger partial charge in [0.1, 0.15) is 5.00 Å². The van der Waals surface area contributed by atoms with Crippen LogP contribution in [0, 0.1) is 0 Å². The van der Waals surface area contributed by atoms with Gasteiger partial charge >= 0.3 is 5.97 Å². The molecule has 37 heavy (non-hydrogen) atoms. The van der Waals surface area contributed by atoms with Gasteiger partial charge in [0.15, 0.2) is 11.0 Å². The van der Waals surface area contributed by atoms with Crippen LogP contribution in [-0.4, -0.2) is 38.5 Å². The molecular weight excluding hydrogens is 504 g/mol. The number of esters is 1. The Bertz CT molecular complexity index is 1280. The highest BCUT2D eigenvalue weighted by Gasteiger charge is 2.28. The first kappa shape index (κ1) is 27.1. The summed E-state index contributed by atoms with van der Waals surface area (Å²) in [5.41, 5.74) is 3.78. The maximum absolute atomic E-state index is 13.0. The van der Waals surface area contributed by atoms with Crippen LogP contribution in [-0.2, 0) is 28.9 Å². The number of amides is 1. The summed E-state index contributed by atoms with van der Waals surface area (Å²) in [5.74, 6) is 0.770. The van der Waals surface area contributed by atoms with E-state index >= 15 is 0 Å². The summed E-state index contributed by atoms with van der Waals surface area (Å²) in [6.45, 7) is 12.4. The molecule has 3 aromatic rings. The third-order valence-electron chi connectivity index (χ3n) is 6.17. The van der Waals surface area contributed by atoms with Crippen molar-refractivity contribution in [2.45, 2.75) is 77.1 Å². The molecular formula is C28H34N4O3S2. The van der Waals surface area contributed by atoms with Crippen LogP contribution in [0.2, 0.25) is 0 Å². The number of hydrogen-bond donors (Lipinski definition) is 1. The zero-order valence-corrected chi connectivity index (χ0v) is 23.5. The van der Waals surface area contributed by atoms with Gasteiger partial charge in [0.25, 0.3) is 0 Å². The molecule has 0 unspecified atom stereocenters. The molecule has 0 bridgehead atoms. The van der Waals surface area contributed by atoms with E-state index in [0.29, 0.717) is 28.2 Å². The van der Waals surface area contributed by atoms with Gasteiger partial charge in [-0.2, -0.15) is 0 Å². The molecule has 1 aromatic carbocycles. The van der Waals surface area contributed by atoms with Gasteiger partial charge in [0.2, 0.25) is 5.91 Å². The molecule has 1 amide bonds. The predicted molar refractivity (Wildman–Crippen MR) is 151 cm³/mol. The highest BCUT2D eigenvalue weighted by atomic mass is 32.2.